The first-order valence-corrected chi connectivity index (χ1v) is 5.59. The highest BCUT2D eigenvalue weighted by atomic mass is 16.2. The summed E-state index contributed by atoms with van der Waals surface area (Å²) in [5, 5.41) is 0. The average Bonchev–Trinajstić information content (AvgIpc) is 2.68. The molecule has 0 aromatic rings. The Balaban J connectivity index is 2.40. The van der Waals surface area contributed by atoms with Crippen LogP contribution in [0, 0.1) is 5.92 Å². The lowest BCUT2D eigenvalue weighted by Gasteiger charge is -2.18. The highest BCUT2D eigenvalue weighted by Crippen LogP contribution is 2.10. The minimum absolute atomic E-state index is 0.0222. The van der Waals surface area contributed by atoms with E-state index < -0.39 is 6.04 Å². The van der Waals surface area contributed by atoms with Gasteiger partial charge in [-0.1, -0.05) is 13.8 Å². The topological polar surface area (TPSA) is 63.4 Å². The number of carbonyl (C=O) groups is 2. The van der Waals surface area contributed by atoms with Crippen molar-refractivity contribution in [3.8, 4) is 0 Å². The van der Waals surface area contributed by atoms with E-state index in [1.807, 2.05) is 13.8 Å². The number of likely N-dealkylation sites (tertiary alicyclic amines) is 1. The Morgan fingerprint density at radius 1 is 1.27 bits per heavy atom. The van der Waals surface area contributed by atoms with Crippen LogP contribution in [0.1, 0.15) is 33.1 Å². The summed E-state index contributed by atoms with van der Waals surface area (Å²) >= 11 is 0. The third kappa shape index (κ3) is 3.30. The van der Waals surface area contributed by atoms with Crippen molar-refractivity contribution in [2.24, 2.45) is 11.7 Å². The summed E-state index contributed by atoms with van der Waals surface area (Å²) in [6.45, 7) is 5.26. The fourth-order valence-corrected chi connectivity index (χ4v) is 1.81. The number of rotatable bonds is 4. The summed E-state index contributed by atoms with van der Waals surface area (Å²) in [4.78, 5) is 25.0. The van der Waals surface area contributed by atoms with E-state index in [2.05, 4.69) is 0 Å². The molecule has 0 saturated carbocycles. The van der Waals surface area contributed by atoms with Crippen LogP contribution in [-0.4, -0.2) is 35.7 Å². The first-order chi connectivity index (χ1) is 7.02. The zero-order chi connectivity index (χ0) is 11.4. The van der Waals surface area contributed by atoms with Gasteiger partial charge in [0.15, 0.2) is 5.78 Å². The molecule has 1 rings (SSSR count). The number of nitrogens with two attached hydrogens (primary N) is 1. The third-order valence-corrected chi connectivity index (χ3v) is 2.79. The van der Waals surface area contributed by atoms with Crippen LogP contribution in [0.4, 0.5) is 0 Å². The Morgan fingerprint density at radius 2 is 1.80 bits per heavy atom. The van der Waals surface area contributed by atoms with Gasteiger partial charge in [-0.15, -0.1) is 0 Å². The number of nitrogens with zero attached hydrogens (tertiary/aromatic N) is 1. The normalized spacial score (nSPS) is 18.3. The van der Waals surface area contributed by atoms with Crippen molar-refractivity contribution in [2.45, 2.75) is 39.2 Å². The Bertz CT molecular complexity index is 245. The molecule has 0 aromatic heterocycles. The predicted octanol–water partition coefficient (Wildman–Crippen LogP) is 0.551. The largest absolute Gasteiger partial charge is 0.343 e. The van der Waals surface area contributed by atoms with E-state index in [9.17, 15) is 9.59 Å². The standard InChI is InChI=1S/C11H20N2O2/c1-8(2)11(15)9(12)7-10(14)13-5-3-4-6-13/h8-9H,3-7,12H2,1-2H3. The molecule has 0 bridgehead atoms. The third-order valence-electron chi connectivity index (χ3n) is 2.79. The van der Waals surface area contributed by atoms with Crippen molar-refractivity contribution in [2.75, 3.05) is 13.1 Å². The molecular formula is C11H20N2O2. The first kappa shape index (κ1) is 12.2. The number of hydrogen-bond donors (Lipinski definition) is 1. The number of hydrogen-bond acceptors (Lipinski definition) is 3. The Hall–Kier alpha value is -0.900. The van der Waals surface area contributed by atoms with Gasteiger partial charge in [-0.2, -0.15) is 0 Å². The van der Waals surface area contributed by atoms with Crippen LogP contribution in [0.25, 0.3) is 0 Å². The fourth-order valence-electron chi connectivity index (χ4n) is 1.81. The summed E-state index contributed by atoms with van der Waals surface area (Å²) in [7, 11) is 0. The molecular weight excluding hydrogens is 192 g/mol. The first-order valence-electron chi connectivity index (χ1n) is 5.59. The molecule has 1 amide bonds. The molecule has 1 fully saturated rings. The highest BCUT2D eigenvalue weighted by Gasteiger charge is 2.24. The van der Waals surface area contributed by atoms with Gasteiger partial charge in [0.1, 0.15) is 0 Å². The maximum Gasteiger partial charge on any atom is 0.224 e. The molecule has 0 aliphatic carbocycles. The molecule has 1 aliphatic heterocycles. The second kappa shape index (κ2) is 5.26. The Morgan fingerprint density at radius 3 is 2.27 bits per heavy atom. The quantitative estimate of drug-likeness (QED) is 0.740. The maximum absolute atomic E-state index is 11.7. The fraction of sp³-hybridized carbons (Fsp3) is 0.818. The molecule has 15 heavy (non-hydrogen) atoms. The van der Waals surface area contributed by atoms with Crippen molar-refractivity contribution < 1.29 is 9.59 Å². The average molecular weight is 212 g/mol. The maximum atomic E-state index is 11.7. The van der Waals surface area contributed by atoms with Crippen LogP contribution in [0.5, 0.6) is 0 Å². The lowest BCUT2D eigenvalue weighted by Crippen LogP contribution is -2.40. The van der Waals surface area contributed by atoms with Crippen LogP contribution >= 0.6 is 0 Å². The summed E-state index contributed by atoms with van der Waals surface area (Å²) < 4.78 is 0. The second-order valence-electron chi connectivity index (χ2n) is 4.46. The molecule has 0 spiro atoms. The van der Waals surface area contributed by atoms with Crippen LogP contribution in [0.2, 0.25) is 0 Å². The molecule has 2 N–H and O–H groups in total. The molecule has 1 saturated heterocycles. The molecule has 86 valence electrons. The summed E-state index contributed by atoms with van der Waals surface area (Å²) in [6.07, 6.45) is 2.30. The summed E-state index contributed by atoms with van der Waals surface area (Å²) in [6, 6.07) is -0.627. The van der Waals surface area contributed by atoms with Gasteiger partial charge in [-0.3, -0.25) is 9.59 Å². The molecule has 4 heteroatoms. The molecule has 1 unspecified atom stereocenters. The predicted molar refractivity (Wildman–Crippen MR) is 58.3 cm³/mol. The Labute approximate surface area is 90.8 Å². The molecule has 1 atom stereocenters. The highest BCUT2D eigenvalue weighted by molar-refractivity contribution is 5.90. The number of amides is 1. The lowest BCUT2D eigenvalue weighted by molar-refractivity contribution is -0.133. The van der Waals surface area contributed by atoms with Gasteiger partial charge in [0.05, 0.1) is 6.04 Å². The summed E-state index contributed by atoms with van der Waals surface area (Å²) in [5.74, 6) is -0.0945. The van der Waals surface area contributed by atoms with E-state index in [0.29, 0.717) is 0 Å². The monoisotopic (exact) mass is 212 g/mol. The van der Waals surface area contributed by atoms with Crippen molar-refractivity contribution in [3.05, 3.63) is 0 Å². The molecule has 0 radical (unpaired) electrons. The minimum Gasteiger partial charge on any atom is -0.343 e. The number of ketones is 1. The smallest absolute Gasteiger partial charge is 0.224 e. The van der Waals surface area contributed by atoms with Crippen LogP contribution in [0.15, 0.2) is 0 Å². The van der Waals surface area contributed by atoms with E-state index in [0.717, 1.165) is 25.9 Å². The molecule has 4 nitrogen and oxygen atoms in total. The lowest BCUT2D eigenvalue weighted by atomic mass is 10.00. The van der Waals surface area contributed by atoms with E-state index in [4.69, 9.17) is 5.73 Å². The van der Waals surface area contributed by atoms with Crippen molar-refractivity contribution in [1.82, 2.24) is 4.90 Å². The van der Waals surface area contributed by atoms with E-state index >= 15 is 0 Å². The van der Waals surface area contributed by atoms with Gasteiger partial charge in [-0.05, 0) is 12.8 Å². The number of Topliss-reactive ketones (excluding diaryl/α,β-unsaturated/α-hetero) is 1. The van der Waals surface area contributed by atoms with Gasteiger partial charge < -0.3 is 10.6 Å². The molecule has 0 aromatic carbocycles. The van der Waals surface area contributed by atoms with E-state index in [-0.39, 0.29) is 24.0 Å². The van der Waals surface area contributed by atoms with Crippen molar-refractivity contribution >= 4 is 11.7 Å². The SMILES string of the molecule is CC(C)C(=O)C(N)CC(=O)N1CCCC1. The Kier molecular flexibility index (Phi) is 4.27. The van der Waals surface area contributed by atoms with E-state index in [1.54, 1.807) is 4.90 Å². The zero-order valence-corrected chi connectivity index (χ0v) is 9.53. The molecule has 1 heterocycles. The van der Waals surface area contributed by atoms with Gasteiger partial charge >= 0.3 is 0 Å². The van der Waals surface area contributed by atoms with Gasteiger partial charge in [0.2, 0.25) is 5.91 Å². The van der Waals surface area contributed by atoms with Crippen LogP contribution in [0.3, 0.4) is 0 Å². The number of carbonyl (C=O) groups excluding carboxylic acids is 2. The van der Waals surface area contributed by atoms with Gasteiger partial charge in [0, 0.05) is 25.4 Å². The van der Waals surface area contributed by atoms with E-state index in [1.165, 1.54) is 0 Å². The van der Waals surface area contributed by atoms with Crippen molar-refractivity contribution in [1.29, 1.82) is 0 Å². The van der Waals surface area contributed by atoms with Crippen LogP contribution in [-0.2, 0) is 9.59 Å². The molecule has 1 aliphatic rings. The van der Waals surface area contributed by atoms with Crippen molar-refractivity contribution in [3.63, 3.8) is 0 Å². The second-order valence-corrected chi connectivity index (χ2v) is 4.46. The summed E-state index contributed by atoms with van der Waals surface area (Å²) in [5.41, 5.74) is 5.69. The van der Waals surface area contributed by atoms with Gasteiger partial charge in [0.25, 0.3) is 0 Å². The van der Waals surface area contributed by atoms with Crippen LogP contribution < -0.4 is 5.73 Å². The zero-order valence-electron chi connectivity index (χ0n) is 9.53. The minimum atomic E-state index is -0.627. The van der Waals surface area contributed by atoms with Gasteiger partial charge in [-0.25, -0.2) is 0 Å².